The fraction of sp³-hybridized carbons (Fsp3) is 0.136. The van der Waals surface area contributed by atoms with Crippen LogP contribution in [0.4, 0.5) is 10.3 Å². The van der Waals surface area contributed by atoms with Crippen LogP contribution in [0.1, 0.15) is 16.7 Å². The maximum absolute atomic E-state index is 13.3. The van der Waals surface area contributed by atoms with Crippen molar-refractivity contribution in [1.82, 2.24) is 14.6 Å². The Morgan fingerprint density at radius 2 is 1.68 bits per heavy atom. The van der Waals surface area contributed by atoms with Gasteiger partial charge >= 0.3 is 0 Å². The number of pyridine rings is 1. The lowest BCUT2D eigenvalue weighted by atomic mass is 9.99. The number of nitrogen functional groups attached to an aromatic ring is 1. The zero-order valence-corrected chi connectivity index (χ0v) is 15.4. The molecular weight excluding hydrogens is 355 g/mol. The van der Waals surface area contributed by atoms with Gasteiger partial charge in [0.15, 0.2) is 5.65 Å². The van der Waals surface area contributed by atoms with Gasteiger partial charge in [0, 0.05) is 24.6 Å². The van der Waals surface area contributed by atoms with Crippen molar-refractivity contribution in [1.29, 1.82) is 0 Å². The van der Waals surface area contributed by atoms with E-state index in [-0.39, 0.29) is 17.5 Å². The van der Waals surface area contributed by atoms with Crippen LogP contribution in [-0.2, 0) is 17.6 Å². The number of halogens is 1. The number of hydrogen-bond acceptors (Lipinski definition) is 4. The summed E-state index contributed by atoms with van der Waals surface area (Å²) in [6, 6.07) is 16.5. The second kappa shape index (κ2) is 7.23. The minimum atomic E-state index is -0.251. The average molecular weight is 374 g/mol. The molecule has 2 aromatic carbocycles. The second-order valence-electron chi connectivity index (χ2n) is 6.86. The van der Waals surface area contributed by atoms with E-state index in [9.17, 15) is 9.18 Å². The van der Waals surface area contributed by atoms with Crippen LogP contribution in [0.25, 0.3) is 16.8 Å². The van der Waals surface area contributed by atoms with E-state index in [1.165, 1.54) is 6.07 Å². The summed E-state index contributed by atoms with van der Waals surface area (Å²) >= 11 is 0. The molecule has 0 fully saturated rings. The smallest absolute Gasteiger partial charge is 0.240 e. The van der Waals surface area contributed by atoms with Gasteiger partial charge in [0.25, 0.3) is 0 Å². The lowest BCUT2D eigenvalue weighted by Crippen LogP contribution is -2.07. The van der Waals surface area contributed by atoms with E-state index in [2.05, 4.69) is 10.1 Å². The second-order valence-corrected chi connectivity index (χ2v) is 6.86. The monoisotopic (exact) mass is 374 g/mol. The first-order valence-electron chi connectivity index (χ1n) is 8.96. The Hall–Kier alpha value is -3.54. The number of benzene rings is 2. The molecule has 0 bridgehead atoms. The van der Waals surface area contributed by atoms with Crippen molar-refractivity contribution in [3.8, 4) is 11.1 Å². The Labute approximate surface area is 161 Å². The molecule has 0 unspecified atom stereocenters. The first-order valence-corrected chi connectivity index (χ1v) is 8.96. The number of nitrogens with two attached hydrogens (primary N) is 1. The highest BCUT2D eigenvalue weighted by molar-refractivity contribution is 5.83. The molecule has 5 nitrogen and oxygen atoms in total. The summed E-state index contributed by atoms with van der Waals surface area (Å²) in [6.07, 6.45) is 2.51. The van der Waals surface area contributed by atoms with Gasteiger partial charge in [0.2, 0.25) is 5.95 Å². The zero-order chi connectivity index (χ0) is 19.7. The molecule has 4 rings (SSSR count). The highest BCUT2D eigenvalue weighted by atomic mass is 19.1. The molecular formula is C22H19FN4O. The molecule has 0 saturated heterocycles. The van der Waals surface area contributed by atoms with Crippen molar-refractivity contribution in [3.05, 3.63) is 83.3 Å². The third-order valence-corrected chi connectivity index (χ3v) is 4.66. The topological polar surface area (TPSA) is 73.3 Å². The van der Waals surface area contributed by atoms with Gasteiger partial charge in [0.1, 0.15) is 11.6 Å². The summed E-state index contributed by atoms with van der Waals surface area (Å²) in [5, 5.41) is 4.12. The largest absolute Gasteiger partial charge is 0.366 e. The molecule has 4 aromatic rings. The number of aryl methyl sites for hydroxylation is 1. The van der Waals surface area contributed by atoms with E-state index >= 15 is 0 Å². The van der Waals surface area contributed by atoms with Gasteiger partial charge in [-0.25, -0.2) is 8.91 Å². The molecule has 0 aliphatic carbocycles. The summed E-state index contributed by atoms with van der Waals surface area (Å²) in [7, 11) is 0. The SMILES string of the molecule is Cc1cc(CC(=O)Cc2ccc(-c3ccc4nc(N)nn4c3)cc2)ccc1F. The summed E-state index contributed by atoms with van der Waals surface area (Å²) in [5.41, 5.74) is 10.6. The maximum Gasteiger partial charge on any atom is 0.240 e. The molecule has 28 heavy (non-hydrogen) atoms. The number of fused-ring (bicyclic) bond motifs is 1. The standard InChI is InChI=1S/C22H19FN4O/c1-14-10-16(4-8-20(14)23)12-19(28)11-15-2-5-17(6-3-15)18-7-9-21-25-22(24)26-27(21)13-18/h2-10,13H,11-12H2,1H3,(H2,24,26). The number of anilines is 1. The number of carbonyl (C=O) groups excluding carboxylic acids is 1. The Morgan fingerprint density at radius 1 is 1.00 bits per heavy atom. The van der Waals surface area contributed by atoms with Gasteiger partial charge in [-0.05, 0) is 47.4 Å². The molecule has 0 amide bonds. The molecule has 0 spiro atoms. The van der Waals surface area contributed by atoms with Crippen molar-refractivity contribution in [2.24, 2.45) is 0 Å². The summed E-state index contributed by atoms with van der Waals surface area (Å²) in [5.74, 6) is 0.0826. The third-order valence-electron chi connectivity index (χ3n) is 4.66. The number of aromatic nitrogens is 3. The molecule has 0 radical (unpaired) electrons. The van der Waals surface area contributed by atoms with Crippen LogP contribution in [-0.4, -0.2) is 20.4 Å². The van der Waals surface area contributed by atoms with Crippen LogP contribution in [0, 0.1) is 12.7 Å². The van der Waals surface area contributed by atoms with Gasteiger partial charge in [-0.1, -0.05) is 36.4 Å². The fourth-order valence-electron chi connectivity index (χ4n) is 3.22. The fourth-order valence-corrected chi connectivity index (χ4v) is 3.22. The summed E-state index contributed by atoms with van der Waals surface area (Å²) < 4.78 is 15.0. The maximum atomic E-state index is 13.3. The minimum absolute atomic E-state index is 0.0956. The number of ketones is 1. The zero-order valence-electron chi connectivity index (χ0n) is 15.4. The highest BCUT2D eigenvalue weighted by Gasteiger charge is 2.08. The number of carbonyl (C=O) groups is 1. The molecule has 0 saturated carbocycles. The predicted octanol–water partition coefficient (Wildman–Crippen LogP) is 3.78. The van der Waals surface area contributed by atoms with Crippen molar-refractivity contribution < 1.29 is 9.18 Å². The van der Waals surface area contributed by atoms with E-state index in [1.54, 1.807) is 23.6 Å². The first kappa shape index (κ1) is 17.9. The van der Waals surface area contributed by atoms with Crippen LogP contribution in [0.15, 0.2) is 60.8 Å². The van der Waals surface area contributed by atoms with Gasteiger partial charge < -0.3 is 5.73 Å². The van der Waals surface area contributed by atoms with E-state index in [1.807, 2.05) is 42.6 Å². The van der Waals surface area contributed by atoms with Gasteiger partial charge in [-0.3, -0.25) is 4.79 Å². The van der Waals surface area contributed by atoms with Gasteiger partial charge in [-0.2, -0.15) is 4.98 Å². The average Bonchev–Trinajstić information content (AvgIpc) is 3.04. The normalized spacial score (nSPS) is 11.1. The third kappa shape index (κ3) is 3.76. The van der Waals surface area contributed by atoms with Gasteiger partial charge in [0.05, 0.1) is 0 Å². The van der Waals surface area contributed by atoms with E-state index < -0.39 is 0 Å². The van der Waals surface area contributed by atoms with Crippen molar-refractivity contribution in [2.75, 3.05) is 5.73 Å². The Morgan fingerprint density at radius 3 is 2.43 bits per heavy atom. The van der Waals surface area contributed by atoms with E-state index in [4.69, 9.17) is 5.73 Å². The van der Waals surface area contributed by atoms with Crippen molar-refractivity contribution in [3.63, 3.8) is 0 Å². The van der Waals surface area contributed by atoms with Crippen LogP contribution < -0.4 is 5.73 Å². The van der Waals surface area contributed by atoms with Crippen LogP contribution in [0.5, 0.6) is 0 Å². The quantitative estimate of drug-likeness (QED) is 0.577. The molecule has 2 heterocycles. The van der Waals surface area contributed by atoms with E-state index in [0.717, 1.165) is 22.3 Å². The summed E-state index contributed by atoms with van der Waals surface area (Å²) in [4.78, 5) is 16.5. The molecule has 0 atom stereocenters. The van der Waals surface area contributed by atoms with Crippen LogP contribution in [0.3, 0.4) is 0 Å². The summed E-state index contributed by atoms with van der Waals surface area (Å²) in [6.45, 7) is 1.70. The van der Waals surface area contributed by atoms with Crippen LogP contribution >= 0.6 is 0 Å². The van der Waals surface area contributed by atoms with Crippen LogP contribution in [0.2, 0.25) is 0 Å². The first-order chi connectivity index (χ1) is 13.5. The Kier molecular flexibility index (Phi) is 4.61. The number of hydrogen-bond donors (Lipinski definition) is 1. The molecule has 2 N–H and O–H groups in total. The molecule has 140 valence electrons. The predicted molar refractivity (Wildman–Crippen MR) is 106 cm³/mol. The Bertz CT molecular complexity index is 1170. The minimum Gasteiger partial charge on any atom is -0.366 e. The number of Topliss-reactive ketones (excluding diaryl/α,β-unsaturated/α-hetero) is 1. The Balaban J connectivity index is 1.46. The van der Waals surface area contributed by atoms with Crippen molar-refractivity contribution in [2.45, 2.75) is 19.8 Å². The number of rotatable bonds is 5. The number of nitrogens with zero attached hydrogens (tertiary/aromatic N) is 3. The highest BCUT2D eigenvalue weighted by Crippen LogP contribution is 2.21. The molecule has 0 aliphatic heterocycles. The van der Waals surface area contributed by atoms with Crippen molar-refractivity contribution >= 4 is 17.4 Å². The van der Waals surface area contributed by atoms with E-state index in [0.29, 0.717) is 24.1 Å². The molecule has 0 aliphatic rings. The van der Waals surface area contributed by atoms with Gasteiger partial charge in [-0.15, -0.1) is 5.10 Å². The lowest BCUT2D eigenvalue weighted by molar-refractivity contribution is -0.117. The molecule has 2 aromatic heterocycles. The molecule has 6 heteroatoms. The lowest BCUT2D eigenvalue weighted by Gasteiger charge is -2.06.